The van der Waals surface area contributed by atoms with Gasteiger partial charge >= 0.3 is 0 Å². The number of nitrogens with zero attached hydrogens (tertiary/aromatic N) is 2. The Bertz CT molecular complexity index is 537. The Morgan fingerprint density at radius 1 is 1.41 bits per heavy atom. The topological polar surface area (TPSA) is 78.1 Å². The number of rotatable bonds is 5. The number of carbonyl (C=O) groups is 2. The molecule has 1 saturated heterocycles. The minimum absolute atomic E-state index is 0.000379. The molecule has 2 amide bonds. The maximum Gasteiger partial charge on any atom is 0.245 e. The smallest absolute Gasteiger partial charge is 0.245 e. The molecule has 1 aromatic heterocycles. The zero-order chi connectivity index (χ0) is 16.1. The van der Waals surface area contributed by atoms with Crippen molar-refractivity contribution in [3.05, 3.63) is 29.6 Å². The molecule has 2 N–H and O–H groups in total. The fourth-order valence-electron chi connectivity index (χ4n) is 2.89. The quantitative estimate of drug-likeness (QED) is 0.800. The van der Waals surface area contributed by atoms with Gasteiger partial charge in [0.2, 0.25) is 11.8 Å². The summed E-state index contributed by atoms with van der Waals surface area (Å²) < 4.78 is 0. The molecule has 0 aromatic carbocycles. The van der Waals surface area contributed by atoms with Gasteiger partial charge in [0, 0.05) is 31.2 Å². The van der Waals surface area contributed by atoms with E-state index in [4.69, 9.17) is 0 Å². The summed E-state index contributed by atoms with van der Waals surface area (Å²) in [6.45, 7) is 9.32. The zero-order valence-electron chi connectivity index (χ0n) is 13.3. The minimum Gasteiger partial charge on any atom is -0.356 e. The molecule has 1 fully saturated rings. The molecule has 0 aliphatic carbocycles. The first-order valence-corrected chi connectivity index (χ1v) is 7.72. The van der Waals surface area contributed by atoms with E-state index in [1.165, 1.54) is 11.6 Å². The Balaban J connectivity index is 1.75. The summed E-state index contributed by atoms with van der Waals surface area (Å²) in [5.41, 5.74) is 3.22. The number of carbonyl (C=O) groups excluding carboxylic acids is 2. The number of amides is 2. The largest absolute Gasteiger partial charge is 0.356 e. The van der Waals surface area contributed by atoms with Crippen LogP contribution >= 0.6 is 0 Å². The van der Waals surface area contributed by atoms with Gasteiger partial charge in [-0.1, -0.05) is 6.58 Å². The number of likely N-dealkylation sites (tertiary alicyclic amines) is 1. The monoisotopic (exact) mass is 304 g/mol. The molecule has 1 aliphatic heterocycles. The lowest BCUT2D eigenvalue weighted by Crippen LogP contribution is -2.42. The standard InChI is InChI=1S/C16H24N4O2/c1-4-15(21)20-9-6-13(7-10-20)16(22)17-8-5-14-11(2)18-19-12(14)3/h4,13H,1,5-10H2,2-3H3,(H,17,22)(H,18,19). The number of H-pyrrole nitrogens is 1. The van der Waals surface area contributed by atoms with Crippen molar-refractivity contribution in [1.82, 2.24) is 20.4 Å². The molecular weight excluding hydrogens is 280 g/mol. The van der Waals surface area contributed by atoms with Crippen molar-refractivity contribution < 1.29 is 9.59 Å². The molecule has 1 aliphatic rings. The summed E-state index contributed by atoms with van der Waals surface area (Å²) in [6.07, 6.45) is 3.55. The van der Waals surface area contributed by atoms with Gasteiger partial charge in [-0.15, -0.1) is 0 Å². The summed E-state index contributed by atoms with van der Waals surface area (Å²) in [5, 5.41) is 10.1. The highest BCUT2D eigenvalue weighted by atomic mass is 16.2. The molecule has 6 heteroatoms. The van der Waals surface area contributed by atoms with Crippen molar-refractivity contribution in [3.63, 3.8) is 0 Å². The van der Waals surface area contributed by atoms with Crippen molar-refractivity contribution >= 4 is 11.8 Å². The Morgan fingerprint density at radius 2 is 2.09 bits per heavy atom. The molecule has 2 heterocycles. The van der Waals surface area contributed by atoms with E-state index in [1.54, 1.807) is 4.90 Å². The van der Waals surface area contributed by atoms with Crippen LogP contribution in [0.4, 0.5) is 0 Å². The van der Waals surface area contributed by atoms with E-state index < -0.39 is 0 Å². The Labute approximate surface area is 131 Å². The lowest BCUT2D eigenvalue weighted by atomic mass is 9.95. The van der Waals surface area contributed by atoms with Crippen LogP contribution < -0.4 is 5.32 Å². The van der Waals surface area contributed by atoms with E-state index in [1.807, 2.05) is 13.8 Å². The molecule has 0 radical (unpaired) electrons. The summed E-state index contributed by atoms with van der Waals surface area (Å²) >= 11 is 0. The SMILES string of the molecule is C=CC(=O)N1CCC(C(=O)NCCc2c(C)n[nH]c2C)CC1. The second kappa shape index (κ2) is 7.24. The molecule has 0 atom stereocenters. The van der Waals surface area contributed by atoms with Gasteiger partial charge in [-0.25, -0.2) is 0 Å². The van der Waals surface area contributed by atoms with Crippen molar-refractivity contribution in [2.75, 3.05) is 19.6 Å². The third-order valence-electron chi connectivity index (χ3n) is 4.31. The van der Waals surface area contributed by atoms with Gasteiger partial charge in [0.05, 0.1) is 5.69 Å². The highest BCUT2D eigenvalue weighted by Crippen LogP contribution is 2.17. The van der Waals surface area contributed by atoms with Crippen LogP contribution in [0.3, 0.4) is 0 Å². The molecule has 6 nitrogen and oxygen atoms in total. The Morgan fingerprint density at radius 3 is 2.64 bits per heavy atom. The summed E-state index contributed by atoms with van der Waals surface area (Å²) in [7, 11) is 0. The van der Waals surface area contributed by atoms with Gasteiger partial charge in [0.1, 0.15) is 0 Å². The van der Waals surface area contributed by atoms with Crippen molar-refractivity contribution in [1.29, 1.82) is 0 Å². The van der Waals surface area contributed by atoms with Crippen LogP contribution in [0.25, 0.3) is 0 Å². The van der Waals surface area contributed by atoms with Crippen LogP contribution in [0.2, 0.25) is 0 Å². The third-order valence-corrected chi connectivity index (χ3v) is 4.31. The number of piperidine rings is 1. The molecule has 2 rings (SSSR count). The predicted octanol–water partition coefficient (Wildman–Crippen LogP) is 1.11. The first-order valence-electron chi connectivity index (χ1n) is 7.72. The van der Waals surface area contributed by atoms with Gasteiger partial charge in [0.25, 0.3) is 0 Å². The lowest BCUT2D eigenvalue weighted by Gasteiger charge is -2.30. The Kier molecular flexibility index (Phi) is 5.35. The summed E-state index contributed by atoms with van der Waals surface area (Å²) in [6, 6.07) is 0. The fraction of sp³-hybridized carbons (Fsp3) is 0.562. The first-order chi connectivity index (χ1) is 10.5. The number of aromatic amines is 1. The number of hydrogen-bond acceptors (Lipinski definition) is 3. The Hall–Kier alpha value is -2.11. The lowest BCUT2D eigenvalue weighted by molar-refractivity contribution is -0.132. The molecule has 0 spiro atoms. The average Bonchev–Trinajstić information content (AvgIpc) is 2.86. The fourth-order valence-corrected chi connectivity index (χ4v) is 2.89. The summed E-state index contributed by atoms with van der Waals surface area (Å²) in [5.74, 6) is 0.0367. The molecule has 22 heavy (non-hydrogen) atoms. The maximum absolute atomic E-state index is 12.2. The van der Waals surface area contributed by atoms with Crippen LogP contribution in [0.5, 0.6) is 0 Å². The van der Waals surface area contributed by atoms with Crippen molar-refractivity contribution in [2.24, 2.45) is 5.92 Å². The van der Waals surface area contributed by atoms with E-state index in [2.05, 4.69) is 22.1 Å². The second-order valence-electron chi connectivity index (χ2n) is 5.76. The highest BCUT2D eigenvalue weighted by Gasteiger charge is 2.26. The van der Waals surface area contributed by atoms with Gasteiger partial charge in [0.15, 0.2) is 0 Å². The third kappa shape index (κ3) is 3.75. The van der Waals surface area contributed by atoms with E-state index in [-0.39, 0.29) is 17.7 Å². The van der Waals surface area contributed by atoms with Gasteiger partial charge in [-0.2, -0.15) is 5.10 Å². The van der Waals surface area contributed by atoms with Crippen LogP contribution in [-0.2, 0) is 16.0 Å². The number of aryl methyl sites for hydroxylation is 2. The van der Waals surface area contributed by atoms with E-state index in [0.717, 1.165) is 30.7 Å². The van der Waals surface area contributed by atoms with Gasteiger partial charge < -0.3 is 10.2 Å². The predicted molar refractivity (Wildman–Crippen MR) is 84.3 cm³/mol. The average molecular weight is 304 g/mol. The van der Waals surface area contributed by atoms with E-state index in [0.29, 0.717) is 19.6 Å². The number of aromatic nitrogens is 2. The van der Waals surface area contributed by atoms with Gasteiger partial charge in [-0.05, 0) is 44.7 Å². The molecule has 1 aromatic rings. The number of hydrogen-bond donors (Lipinski definition) is 2. The molecular formula is C16H24N4O2. The van der Waals surface area contributed by atoms with Gasteiger partial charge in [-0.3, -0.25) is 14.7 Å². The van der Waals surface area contributed by atoms with E-state index >= 15 is 0 Å². The second-order valence-corrected chi connectivity index (χ2v) is 5.76. The van der Waals surface area contributed by atoms with Crippen LogP contribution in [0.1, 0.15) is 29.8 Å². The highest BCUT2D eigenvalue weighted by molar-refractivity contribution is 5.87. The molecule has 0 bridgehead atoms. The molecule has 120 valence electrons. The van der Waals surface area contributed by atoms with Crippen LogP contribution in [0.15, 0.2) is 12.7 Å². The van der Waals surface area contributed by atoms with Crippen molar-refractivity contribution in [3.8, 4) is 0 Å². The molecule has 0 saturated carbocycles. The molecule has 0 unspecified atom stereocenters. The minimum atomic E-state index is -0.0511. The van der Waals surface area contributed by atoms with Crippen molar-refractivity contribution in [2.45, 2.75) is 33.1 Å². The maximum atomic E-state index is 12.2. The normalized spacial score (nSPS) is 15.6. The van der Waals surface area contributed by atoms with E-state index in [9.17, 15) is 9.59 Å². The first kappa shape index (κ1) is 16.3. The summed E-state index contributed by atoms with van der Waals surface area (Å²) in [4.78, 5) is 25.4. The van der Waals surface area contributed by atoms with Crippen LogP contribution in [0, 0.1) is 19.8 Å². The zero-order valence-corrected chi connectivity index (χ0v) is 13.3. The van der Waals surface area contributed by atoms with Crippen LogP contribution in [-0.4, -0.2) is 46.5 Å². The number of nitrogens with one attached hydrogen (secondary N) is 2.